The molecule has 0 aliphatic heterocycles. The molecule has 1 aromatic heterocycles. The molecule has 21 heavy (non-hydrogen) atoms. The Morgan fingerprint density at radius 1 is 1.14 bits per heavy atom. The molecule has 114 valence electrons. The molecule has 0 radical (unpaired) electrons. The molecule has 4 heteroatoms. The molecule has 2 atom stereocenters. The van der Waals surface area contributed by atoms with E-state index in [2.05, 4.69) is 36.1 Å². The molecule has 0 saturated heterocycles. The Balaban J connectivity index is 1.99. The second-order valence-corrected chi connectivity index (χ2v) is 5.82. The average molecular weight is 287 g/mol. The molecule has 2 N–H and O–H groups in total. The van der Waals surface area contributed by atoms with Gasteiger partial charge in [-0.2, -0.15) is 4.98 Å². The van der Waals surface area contributed by atoms with E-state index in [1.165, 1.54) is 5.56 Å². The number of rotatable bonds is 7. The normalized spacial score (nSPS) is 14.1. The molecule has 2 rings (SSSR count). The van der Waals surface area contributed by atoms with Gasteiger partial charge in [0.25, 0.3) is 0 Å². The zero-order chi connectivity index (χ0) is 15.2. The molecule has 2 aromatic rings. The van der Waals surface area contributed by atoms with Crippen LogP contribution in [0.15, 0.2) is 28.8 Å². The number of nitrogens with zero attached hydrogens (tertiary/aromatic N) is 2. The first-order valence-corrected chi connectivity index (χ1v) is 7.78. The second kappa shape index (κ2) is 7.36. The molecule has 0 fully saturated rings. The molecule has 0 saturated carbocycles. The molecular formula is C17H25N3O. The van der Waals surface area contributed by atoms with Crippen molar-refractivity contribution in [3.8, 4) is 11.4 Å². The van der Waals surface area contributed by atoms with Gasteiger partial charge >= 0.3 is 0 Å². The summed E-state index contributed by atoms with van der Waals surface area (Å²) in [6.07, 6.45) is 4.18. The Kier molecular flexibility index (Phi) is 5.51. The van der Waals surface area contributed by atoms with E-state index in [0.29, 0.717) is 11.7 Å². The highest BCUT2D eigenvalue weighted by atomic mass is 16.5. The van der Waals surface area contributed by atoms with E-state index in [-0.39, 0.29) is 12.0 Å². The highest BCUT2D eigenvalue weighted by Crippen LogP contribution is 2.23. The number of aryl methyl sites for hydroxylation is 1. The van der Waals surface area contributed by atoms with Crippen LogP contribution in [0.4, 0.5) is 0 Å². The molecule has 2 unspecified atom stereocenters. The van der Waals surface area contributed by atoms with Crippen molar-refractivity contribution in [2.45, 2.75) is 58.4 Å². The van der Waals surface area contributed by atoms with Gasteiger partial charge in [0.2, 0.25) is 11.7 Å². The van der Waals surface area contributed by atoms with Crippen molar-refractivity contribution in [1.29, 1.82) is 0 Å². The Hall–Kier alpha value is -1.68. The number of nitrogens with two attached hydrogens (primary N) is 1. The van der Waals surface area contributed by atoms with Crippen LogP contribution < -0.4 is 5.73 Å². The van der Waals surface area contributed by atoms with Crippen LogP contribution in [0.25, 0.3) is 11.4 Å². The summed E-state index contributed by atoms with van der Waals surface area (Å²) in [4.78, 5) is 4.52. The van der Waals surface area contributed by atoms with Gasteiger partial charge in [0, 0.05) is 17.5 Å². The molecule has 1 heterocycles. The van der Waals surface area contributed by atoms with Crippen molar-refractivity contribution < 1.29 is 4.52 Å². The zero-order valence-electron chi connectivity index (χ0n) is 13.2. The van der Waals surface area contributed by atoms with Crippen molar-refractivity contribution in [1.82, 2.24) is 10.1 Å². The number of hydrogen-bond donors (Lipinski definition) is 1. The topological polar surface area (TPSA) is 64.9 Å². The Morgan fingerprint density at radius 3 is 2.48 bits per heavy atom. The largest absolute Gasteiger partial charge is 0.339 e. The van der Waals surface area contributed by atoms with Crippen molar-refractivity contribution in [3.63, 3.8) is 0 Å². The maximum absolute atomic E-state index is 5.77. The van der Waals surface area contributed by atoms with Gasteiger partial charge in [-0.05, 0) is 31.7 Å². The summed E-state index contributed by atoms with van der Waals surface area (Å²) < 4.78 is 5.40. The van der Waals surface area contributed by atoms with E-state index >= 15 is 0 Å². The van der Waals surface area contributed by atoms with Crippen LogP contribution in [-0.4, -0.2) is 16.2 Å². The lowest BCUT2D eigenvalue weighted by atomic mass is 10.0. The summed E-state index contributed by atoms with van der Waals surface area (Å²) in [5.74, 6) is 1.67. The van der Waals surface area contributed by atoms with Gasteiger partial charge in [-0.15, -0.1) is 0 Å². The Bertz CT molecular complexity index is 545. The predicted molar refractivity (Wildman–Crippen MR) is 85.0 cm³/mol. The van der Waals surface area contributed by atoms with Gasteiger partial charge in [-0.1, -0.05) is 49.7 Å². The third kappa shape index (κ3) is 4.39. The fourth-order valence-electron chi connectivity index (χ4n) is 2.31. The number of hydrogen-bond acceptors (Lipinski definition) is 4. The third-order valence-electron chi connectivity index (χ3n) is 3.78. The lowest BCUT2D eigenvalue weighted by Crippen LogP contribution is -2.14. The predicted octanol–water partition coefficient (Wildman–Crippen LogP) is 3.92. The molecule has 4 nitrogen and oxygen atoms in total. The minimum atomic E-state index is 0.257. The van der Waals surface area contributed by atoms with Crippen molar-refractivity contribution in [2.24, 2.45) is 5.73 Å². The molecule has 0 spiro atoms. The van der Waals surface area contributed by atoms with Crippen molar-refractivity contribution in [2.75, 3.05) is 0 Å². The summed E-state index contributed by atoms with van der Waals surface area (Å²) in [6.45, 7) is 6.30. The summed E-state index contributed by atoms with van der Waals surface area (Å²) in [7, 11) is 0. The zero-order valence-corrected chi connectivity index (χ0v) is 13.2. The minimum Gasteiger partial charge on any atom is -0.339 e. The average Bonchev–Trinajstić information content (AvgIpc) is 2.97. The van der Waals surface area contributed by atoms with E-state index in [4.69, 9.17) is 10.3 Å². The third-order valence-corrected chi connectivity index (χ3v) is 3.78. The lowest BCUT2D eigenvalue weighted by molar-refractivity contribution is 0.350. The van der Waals surface area contributed by atoms with E-state index < -0.39 is 0 Å². The first kappa shape index (κ1) is 15.7. The molecule has 0 aliphatic carbocycles. The van der Waals surface area contributed by atoms with Crippen LogP contribution in [0.3, 0.4) is 0 Å². The lowest BCUT2D eigenvalue weighted by Gasteiger charge is -2.07. The van der Waals surface area contributed by atoms with E-state index in [0.717, 1.165) is 31.2 Å². The summed E-state index contributed by atoms with van der Waals surface area (Å²) in [5.41, 5.74) is 8.09. The van der Waals surface area contributed by atoms with Gasteiger partial charge in [0.05, 0.1) is 0 Å². The quantitative estimate of drug-likeness (QED) is 0.838. The summed E-state index contributed by atoms with van der Waals surface area (Å²) >= 11 is 0. The summed E-state index contributed by atoms with van der Waals surface area (Å²) in [6, 6.07) is 8.57. The summed E-state index contributed by atoms with van der Waals surface area (Å²) in [5, 5.41) is 4.10. The van der Waals surface area contributed by atoms with Crippen LogP contribution in [0.2, 0.25) is 0 Å². The van der Waals surface area contributed by atoms with E-state index in [1.54, 1.807) is 0 Å². The van der Waals surface area contributed by atoms with Crippen molar-refractivity contribution >= 4 is 0 Å². The van der Waals surface area contributed by atoms with Gasteiger partial charge in [-0.3, -0.25) is 0 Å². The Labute approximate surface area is 126 Å². The number of aromatic nitrogens is 2. The van der Waals surface area contributed by atoms with Gasteiger partial charge in [0.1, 0.15) is 0 Å². The van der Waals surface area contributed by atoms with E-state index in [1.807, 2.05) is 19.1 Å². The minimum absolute atomic E-state index is 0.257. The van der Waals surface area contributed by atoms with Crippen LogP contribution in [0, 0.1) is 0 Å². The fraction of sp³-hybridized carbons (Fsp3) is 0.529. The standard InChI is InChI=1S/C17H25N3O/c1-4-14-8-10-15(11-9-14)16-19-17(21-20-16)12(2)6-5-7-13(3)18/h8-13H,4-7,18H2,1-3H3. The first-order chi connectivity index (χ1) is 10.1. The SMILES string of the molecule is CCc1ccc(-c2noc(C(C)CCCC(C)N)n2)cc1. The second-order valence-electron chi connectivity index (χ2n) is 5.82. The van der Waals surface area contributed by atoms with Crippen molar-refractivity contribution in [3.05, 3.63) is 35.7 Å². The smallest absolute Gasteiger partial charge is 0.229 e. The van der Waals surface area contributed by atoms with E-state index in [9.17, 15) is 0 Å². The first-order valence-electron chi connectivity index (χ1n) is 7.78. The fourth-order valence-corrected chi connectivity index (χ4v) is 2.31. The maximum atomic E-state index is 5.77. The number of benzene rings is 1. The molecular weight excluding hydrogens is 262 g/mol. The van der Waals surface area contributed by atoms with Crippen LogP contribution in [0.5, 0.6) is 0 Å². The monoisotopic (exact) mass is 287 g/mol. The molecule has 1 aromatic carbocycles. The Morgan fingerprint density at radius 2 is 1.86 bits per heavy atom. The van der Waals surface area contributed by atoms with Gasteiger partial charge < -0.3 is 10.3 Å². The molecule has 0 amide bonds. The maximum Gasteiger partial charge on any atom is 0.229 e. The van der Waals surface area contributed by atoms with Crippen LogP contribution >= 0.6 is 0 Å². The van der Waals surface area contributed by atoms with Gasteiger partial charge in [0.15, 0.2) is 0 Å². The van der Waals surface area contributed by atoms with Gasteiger partial charge in [-0.25, -0.2) is 0 Å². The highest BCUT2D eigenvalue weighted by Gasteiger charge is 2.15. The van der Waals surface area contributed by atoms with Crippen LogP contribution in [0.1, 0.15) is 57.4 Å². The van der Waals surface area contributed by atoms with Crippen LogP contribution in [-0.2, 0) is 6.42 Å². The molecule has 0 bridgehead atoms. The molecule has 0 aliphatic rings. The highest BCUT2D eigenvalue weighted by molar-refractivity contribution is 5.54.